The summed E-state index contributed by atoms with van der Waals surface area (Å²) in [6.07, 6.45) is -1.10. The Morgan fingerprint density at radius 2 is 1.41 bits per heavy atom. The van der Waals surface area contributed by atoms with Crippen molar-refractivity contribution in [2.75, 3.05) is 10.8 Å². The molecule has 0 amide bonds. The van der Waals surface area contributed by atoms with Crippen LogP contribution in [0.15, 0.2) is 89.8 Å². The van der Waals surface area contributed by atoms with Gasteiger partial charge in [0.25, 0.3) is 10.0 Å². The molecule has 0 fully saturated rings. The minimum Gasteiger partial charge on any atom is -0.389 e. The molecular weight excluding hydrogens is 534 g/mol. The number of aliphatic hydroxyl groups is 1. The zero-order chi connectivity index (χ0) is 26.3. The van der Waals surface area contributed by atoms with Crippen LogP contribution in [0.3, 0.4) is 0 Å². The van der Waals surface area contributed by atoms with E-state index in [1.54, 1.807) is 24.3 Å². The molecule has 0 bridgehead atoms. The summed E-state index contributed by atoms with van der Waals surface area (Å²) < 4.78 is 44.0. The molecule has 0 aliphatic carbocycles. The maximum Gasteiger partial charge on any atom is 0.264 e. The zero-order valence-electron chi connectivity index (χ0n) is 19.8. The Morgan fingerprint density at radius 1 is 0.865 bits per heavy atom. The van der Waals surface area contributed by atoms with E-state index in [0.29, 0.717) is 10.0 Å². The molecule has 1 aromatic heterocycles. The van der Waals surface area contributed by atoms with Crippen molar-refractivity contribution in [3.8, 4) is 0 Å². The van der Waals surface area contributed by atoms with Gasteiger partial charge >= 0.3 is 0 Å². The summed E-state index contributed by atoms with van der Waals surface area (Å²) in [5.41, 5.74) is 2.83. The monoisotopic (exact) mass is 556 g/mol. The SMILES string of the molecule is Cc1ccc(S(=O)(=O)N(C[C@H](O)Cn2c3ccc(Cl)cc3c3cc(Cl)ccc32)c2ccc(F)cc2)cc1. The zero-order valence-corrected chi connectivity index (χ0v) is 22.1. The minimum absolute atomic E-state index is 0.0794. The number of fused-ring (bicyclic) bond motifs is 3. The van der Waals surface area contributed by atoms with Crippen molar-refractivity contribution in [3.63, 3.8) is 0 Å². The summed E-state index contributed by atoms with van der Waals surface area (Å²) in [4.78, 5) is 0.0794. The molecule has 0 radical (unpaired) electrons. The number of benzene rings is 4. The second-order valence-corrected chi connectivity index (χ2v) is 11.6. The molecular formula is C28H23Cl2FN2O3S. The van der Waals surface area contributed by atoms with Crippen LogP contribution in [0.1, 0.15) is 5.56 Å². The number of sulfonamides is 1. The first-order valence-electron chi connectivity index (χ1n) is 11.5. The predicted molar refractivity (Wildman–Crippen MR) is 148 cm³/mol. The molecule has 5 aromatic rings. The lowest BCUT2D eigenvalue weighted by Crippen LogP contribution is -2.39. The van der Waals surface area contributed by atoms with Crippen LogP contribution in [-0.2, 0) is 16.6 Å². The van der Waals surface area contributed by atoms with Gasteiger partial charge in [0.15, 0.2) is 0 Å². The van der Waals surface area contributed by atoms with Crippen molar-refractivity contribution in [1.82, 2.24) is 4.57 Å². The number of nitrogens with zero attached hydrogens (tertiary/aromatic N) is 2. The number of hydrogen-bond acceptors (Lipinski definition) is 3. The average molecular weight is 557 g/mol. The van der Waals surface area contributed by atoms with E-state index in [9.17, 15) is 17.9 Å². The molecule has 1 N–H and O–H groups in total. The van der Waals surface area contributed by atoms with Crippen molar-refractivity contribution in [3.05, 3.63) is 106 Å². The quantitative estimate of drug-likeness (QED) is 0.239. The van der Waals surface area contributed by atoms with Crippen LogP contribution in [0, 0.1) is 12.7 Å². The molecule has 0 aliphatic rings. The molecule has 5 nitrogen and oxygen atoms in total. The van der Waals surface area contributed by atoms with Crippen LogP contribution in [-0.4, -0.2) is 30.7 Å². The maximum absolute atomic E-state index is 13.7. The van der Waals surface area contributed by atoms with Gasteiger partial charge in [0.1, 0.15) is 5.82 Å². The highest BCUT2D eigenvalue weighted by Crippen LogP contribution is 2.33. The highest BCUT2D eigenvalue weighted by atomic mass is 35.5. The molecule has 1 heterocycles. The van der Waals surface area contributed by atoms with E-state index in [2.05, 4.69) is 0 Å². The number of rotatable bonds is 7. The third kappa shape index (κ3) is 5.05. The summed E-state index contributed by atoms with van der Waals surface area (Å²) in [6, 6.07) is 22.5. The second kappa shape index (κ2) is 9.99. The topological polar surface area (TPSA) is 62.5 Å². The minimum atomic E-state index is -4.05. The lowest BCUT2D eigenvalue weighted by Gasteiger charge is -2.27. The largest absolute Gasteiger partial charge is 0.389 e. The molecule has 0 saturated carbocycles. The van der Waals surface area contributed by atoms with Gasteiger partial charge in [-0.3, -0.25) is 4.31 Å². The number of halogens is 3. The molecule has 0 aliphatic heterocycles. The summed E-state index contributed by atoms with van der Waals surface area (Å²) in [5.74, 6) is -0.486. The number of aromatic nitrogens is 1. The maximum atomic E-state index is 13.7. The molecule has 0 saturated heterocycles. The Kier molecular flexibility index (Phi) is 6.89. The van der Waals surface area contributed by atoms with Crippen molar-refractivity contribution >= 4 is 60.7 Å². The van der Waals surface area contributed by atoms with Gasteiger partial charge in [0.05, 0.1) is 29.8 Å². The second-order valence-electron chi connectivity index (χ2n) is 8.91. The van der Waals surface area contributed by atoms with Gasteiger partial charge in [-0.1, -0.05) is 40.9 Å². The Morgan fingerprint density at radius 3 is 1.95 bits per heavy atom. The number of anilines is 1. The van der Waals surface area contributed by atoms with Crippen molar-refractivity contribution in [2.45, 2.75) is 24.5 Å². The van der Waals surface area contributed by atoms with E-state index in [0.717, 1.165) is 31.7 Å². The first-order chi connectivity index (χ1) is 17.6. The summed E-state index contributed by atoms with van der Waals surface area (Å²) in [7, 11) is -4.05. The Bertz CT molecular complexity index is 1640. The van der Waals surface area contributed by atoms with E-state index >= 15 is 0 Å². The molecule has 0 unspecified atom stereocenters. The van der Waals surface area contributed by atoms with Crippen LogP contribution in [0.5, 0.6) is 0 Å². The van der Waals surface area contributed by atoms with Crippen LogP contribution < -0.4 is 4.31 Å². The van der Waals surface area contributed by atoms with Gasteiger partial charge in [0.2, 0.25) is 0 Å². The summed E-state index contributed by atoms with van der Waals surface area (Å²) >= 11 is 12.5. The fourth-order valence-corrected chi connectivity index (χ4v) is 6.34. The van der Waals surface area contributed by atoms with Gasteiger partial charge < -0.3 is 9.67 Å². The third-order valence-electron chi connectivity index (χ3n) is 6.28. The van der Waals surface area contributed by atoms with Gasteiger partial charge in [0, 0.05) is 31.9 Å². The Balaban J connectivity index is 1.54. The van der Waals surface area contributed by atoms with E-state index in [4.69, 9.17) is 23.2 Å². The van der Waals surface area contributed by atoms with Gasteiger partial charge in [-0.15, -0.1) is 0 Å². The summed E-state index contributed by atoms with van der Waals surface area (Å²) in [5, 5.41) is 14.1. The van der Waals surface area contributed by atoms with Gasteiger partial charge in [-0.2, -0.15) is 0 Å². The fourth-order valence-electron chi connectivity index (χ4n) is 4.49. The van der Waals surface area contributed by atoms with Crippen LogP contribution >= 0.6 is 23.2 Å². The molecule has 4 aromatic carbocycles. The van der Waals surface area contributed by atoms with E-state index in [1.807, 2.05) is 35.8 Å². The lowest BCUT2D eigenvalue weighted by molar-refractivity contribution is 0.166. The van der Waals surface area contributed by atoms with E-state index in [1.165, 1.54) is 36.4 Å². The van der Waals surface area contributed by atoms with Gasteiger partial charge in [-0.05, 0) is 79.7 Å². The first-order valence-corrected chi connectivity index (χ1v) is 13.7. The van der Waals surface area contributed by atoms with Crippen molar-refractivity contribution < 1.29 is 17.9 Å². The molecule has 1 atom stereocenters. The molecule has 9 heteroatoms. The van der Waals surface area contributed by atoms with Crippen LogP contribution in [0.2, 0.25) is 10.0 Å². The summed E-state index contributed by atoms with van der Waals surface area (Å²) in [6.45, 7) is 1.72. The van der Waals surface area contributed by atoms with Crippen LogP contribution in [0.25, 0.3) is 21.8 Å². The third-order valence-corrected chi connectivity index (χ3v) is 8.56. The standard InChI is InChI=1S/C28H23Cl2FN2O3S/c1-18-2-10-24(11-3-18)37(35,36)33(22-8-6-21(31)7-9-22)17-23(34)16-32-27-12-4-19(29)14-25(27)26-15-20(30)5-13-28(26)32/h2-15,23,34H,16-17H2,1H3/t23-/m1/s1. The van der Waals surface area contributed by atoms with E-state index < -0.39 is 21.9 Å². The van der Waals surface area contributed by atoms with Crippen molar-refractivity contribution in [2.24, 2.45) is 0 Å². The normalized spacial score (nSPS) is 12.8. The smallest absolute Gasteiger partial charge is 0.264 e. The van der Waals surface area contributed by atoms with Crippen LogP contribution in [0.4, 0.5) is 10.1 Å². The average Bonchev–Trinajstić information content (AvgIpc) is 3.15. The highest BCUT2D eigenvalue weighted by Gasteiger charge is 2.28. The lowest BCUT2D eigenvalue weighted by atomic mass is 10.1. The number of hydrogen-bond donors (Lipinski definition) is 1. The first kappa shape index (κ1) is 25.5. The number of aryl methyl sites for hydroxylation is 1. The molecule has 37 heavy (non-hydrogen) atoms. The molecule has 190 valence electrons. The highest BCUT2D eigenvalue weighted by molar-refractivity contribution is 7.92. The Hall–Kier alpha value is -3.10. The molecule has 0 spiro atoms. The van der Waals surface area contributed by atoms with Gasteiger partial charge in [-0.25, -0.2) is 12.8 Å². The van der Waals surface area contributed by atoms with E-state index in [-0.39, 0.29) is 23.7 Å². The molecule has 5 rings (SSSR count). The van der Waals surface area contributed by atoms with Crippen molar-refractivity contribution in [1.29, 1.82) is 0 Å². The predicted octanol–water partition coefficient (Wildman–Crippen LogP) is 6.81. The fraction of sp³-hybridized carbons (Fsp3) is 0.143. The number of aliphatic hydroxyl groups excluding tert-OH is 1. The Labute approximate surface area is 224 Å².